The summed E-state index contributed by atoms with van der Waals surface area (Å²) in [5.41, 5.74) is 0. The van der Waals surface area contributed by atoms with Crippen LogP contribution in [0.4, 0.5) is 0 Å². The van der Waals surface area contributed by atoms with Crippen LogP contribution in [-0.2, 0) is 32.7 Å². The van der Waals surface area contributed by atoms with E-state index in [-0.39, 0.29) is 32.0 Å². The summed E-state index contributed by atoms with van der Waals surface area (Å²) >= 11 is 0. The van der Waals surface area contributed by atoms with Crippen molar-refractivity contribution in [2.45, 2.75) is 386 Å². The fourth-order valence-electron chi connectivity index (χ4n) is 11.5. The second kappa shape index (κ2) is 70.0. The smallest absolute Gasteiger partial charge is 0.306 e. The molecule has 0 saturated carbocycles. The number of hydrogen-bond acceptors (Lipinski definition) is 8. The Morgan fingerprint density at radius 2 is 0.640 bits per heavy atom. The molecule has 2 unspecified atom stereocenters. The van der Waals surface area contributed by atoms with Crippen LogP contribution in [-0.4, -0.2) is 70.0 Å². The van der Waals surface area contributed by atoms with E-state index in [0.717, 1.165) is 64.2 Å². The summed E-state index contributed by atoms with van der Waals surface area (Å²) in [5, 5.41) is 0. The van der Waals surface area contributed by atoms with E-state index >= 15 is 0 Å². The maximum atomic E-state index is 12.9. The number of quaternary nitrogens is 1. The van der Waals surface area contributed by atoms with Crippen LogP contribution in [0.2, 0.25) is 0 Å². The monoisotopic (exact) mass is 1270 g/mol. The number of carbonyl (C=O) groups is 2. The highest BCUT2D eigenvalue weighted by Crippen LogP contribution is 2.38. The van der Waals surface area contributed by atoms with Crippen molar-refractivity contribution in [1.82, 2.24) is 0 Å². The Morgan fingerprint density at radius 1 is 0.360 bits per heavy atom. The summed E-state index contributed by atoms with van der Waals surface area (Å²) in [5.74, 6) is -0.809. The molecule has 0 rings (SSSR count). The van der Waals surface area contributed by atoms with Crippen LogP contribution in [0.15, 0.2) is 60.8 Å². The van der Waals surface area contributed by atoms with Crippen molar-refractivity contribution in [3.63, 3.8) is 0 Å². The Balaban J connectivity index is 3.92. The maximum Gasteiger partial charge on any atom is 0.306 e. The Kier molecular flexibility index (Phi) is 68.2. The first-order valence-electron chi connectivity index (χ1n) is 38.5. The molecule has 0 bridgehead atoms. The number of phosphoric acid groups is 1. The third-order valence-corrected chi connectivity index (χ3v) is 18.3. The minimum Gasteiger partial charge on any atom is -0.756 e. The van der Waals surface area contributed by atoms with Crippen molar-refractivity contribution in [2.24, 2.45) is 0 Å². The first-order valence-corrected chi connectivity index (χ1v) is 40.0. The summed E-state index contributed by atoms with van der Waals surface area (Å²) < 4.78 is 34.4. The van der Waals surface area contributed by atoms with E-state index in [1.807, 2.05) is 21.1 Å². The molecule has 0 heterocycles. The van der Waals surface area contributed by atoms with Crippen LogP contribution in [0, 0.1) is 0 Å². The van der Waals surface area contributed by atoms with Gasteiger partial charge in [0.05, 0.1) is 27.7 Å². The molecule has 0 saturated heterocycles. The van der Waals surface area contributed by atoms with Gasteiger partial charge in [-0.05, 0) is 57.8 Å². The molecule has 0 amide bonds. The Morgan fingerprint density at radius 3 is 0.955 bits per heavy atom. The van der Waals surface area contributed by atoms with Crippen molar-refractivity contribution in [2.75, 3.05) is 47.5 Å². The summed E-state index contributed by atoms with van der Waals surface area (Å²) in [6, 6.07) is 0. The first-order chi connectivity index (χ1) is 43.5. The molecule has 0 aliphatic heterocycles. The van der Waals surface area contributed by atoms with Crippen LogP contribution in [0.5, 0.6) is 0 Å². The van der Waals surface area contributed by atoms with Gasteiger partial charge in [0.25, 0.3) is 7.82 Å². The molecule has 0 N–H and O–H groups in total. The van der Waals surface area contributed by atoms with E-state index in [2.05, 4.69) is 74.6 Å². The fourth-order valence-corrected chi connectivity index (χ4v) is 12.2. The molecule has 0 fully saturated rings. The highest BCUT2D eigenvalue weighted by molar-refractivity contribution is 7.45. The summed E-state index contributed by atoms with van der Waals surface area (Å²) in [4.78, 5) is 38.1. The molecule has 0 aliphatic carbocycles. The zero-order valence-corrected chi connectivity index (χ0v) is 60.5. The van der Waals surface area contributed by atoms with Crippen LogP contribution < -0.4 is 4.89 Å². The van der Waals surface area contributed by atoms with Gasteiger partial charge in [-0.25, -0.2) is 0 Å². The zero-order valence-electron chi connectivity index (χ0n) is 59.6. The van der Waals surface area contributed by atoms with E-state index in [4.69, 9.17) is 18.5 Å². The number of hydrogen-bond donors (Lipinski definition) is 0. The standard InChI is InChI=1S/C79H148NO8P/c1-6-8-10-12-14-16-18-20-22-24-26-28-30-32-34-35-36-37-38-39-40-41-42-43-44-45-46-48-50-52-54-56-58-60-62-64-66-68-70-72-79(82)88-77(76-87-89(83,84)86-74-73-80(3,4)5)75-85-78(81)71-69-67-65-63-61-59-57-55-53-51-49-47-33-31-29-27-25-23-21-19-17-15-13-11-9-7-2/h8,10,14,16,20,22,26,28,32,34,77H,6-7,9,11-13,15,17-19,21,23-25,27,29-31,33,35-76H2,1-5H3/b10-8-,16-14-,22-20-,28-26-,34-32-. The average molecular weight is 1270 g/mol. The summed E-state index contributed by atoms with van der Waals surface area (Å²) in [6.45, 7) is 4.20. The number of likely N-dealkylation sites (N-methyl/N-ethyl adjacent to an activating group) is 1. The molecule has 0 aromatic heterocycles. The van der Waals surface area contributed by atoms with Gasteiger partial charge in [-0.2, -0.15) is 0 Å². The second-order valence-corrected chi connectivity index (χ2v) is 28.8. The third-order valence-electron chi connectivity index (χ3n) is 17.3. The summed E-state index contributed by atoms with van der Waals surface area (Å²) in [6.07, 6.45) is 93.4. The molecule has 9 nitrogen and oxygen atoms in total. The highest BCUT2D eigenvalue weighted by Gasteiger charge is 2.22. The van der Waals surface area contributed by atoms with Crippen LogP contribution >= 0.6 is 7.82 Å². The molecular weight excluding hydrogens is 1120 g/mol. The Bertz CT molecular complexity index is 1690. The molecule has 0 aromatic carbocycles. The van der Waals surface area contributed by atoms with Crippen LogP contribution in [0.25, 0.3) is 0 Å². The minimum absolute atomic E-state index is 0.0278. The van der Waals surface area contributed by atoms with E-state index in [1.54, 1.807) is 0 Å². The molecule has 0 aromatic rings. The van der Waals surface area contributed by atoms with Crippen LogP contribution in [0.3, 0.4) is 0 Å². The molecule has 10 heteroatoms. The average Bonchev–Trinajstić information content (AvgIpc) is 3.60. The molecule has 0 radical (unpaired) electrons. The summed E-state index contributed by atoms with van der Waals surface area (Å²) in [7, 11) is 1.19. The molecule has 0 aliphatic rings. The lowest BCUT2D eigenvalue weighted by Crippen LogP contribution is -2.37. The molecule has 2 atom stereocenters. The van der Waals surface area contributed by atoms with Crippen molar-refractivity contribution in [3.8, 4) is 0 Å². The van der Waals surface area contributed by atoms with Gasteiger partial charge >= 0.3 is 11.9 Å². The predicted molar refractivity (Wildman–Crippen MR) is 383 cm³/mol. The van der Waals surface area contributed by atoms with Gasteiger partial charge in [0.15, 0.2) is 6.10 Å². The van der Waals surface area contributed by atoms with Crippen LogP contribution in [0.1, 0.15) is 380 Å². The van der Waals surface area contributed by atoms with Gasteiger partial charge in [0, 0.05) is 12.8 Å². The van der Waals surface area contributed by atoms with Crippen molar-refractivity contribution in [3.05, 3.63) is 60.8 Å². The number of phosphoric ester groups is 1. The van der Waals surface area contributed by atoms with Crippen molar-refractivity contribution < 1.29 is 42.1 Å². The van der Waals surface area contributed by atoms with Gasteiger partial charge in [0.1, 0.15) is 19.8 Å². The molecular formula is C79H148NO8P. The number of ether oxygens (including phenoxy) is 2. The predicted octanol–water partition coefficient (Wildman–Crippen LogP) is 24.7. The lowest BCUT2D eigenvalue weighted by molar-refractivity contribution is -0.870. The first kappa shape index (κ1) is 86.7. The fraction of sp³-hybridized carbons (Fsp3) is 0.848. The van der Waals surface area contributed by atoms with Crippen molar-refractivity contribution in [1.29, 1.82) is 0 Å². The number of esters is 2. The minimum atomic E-state index is -4.64. The maximum absolute atomic E-state index is 12.9. The molecule has 0 spiro atoms. The number of allylic oxidation sites excluding steroid dienone is 10. The SMILES string of the molecule is CC/C=C\C/C=C\C/C=C\C/C=C\C/C=C\CCCCCCCCCCCCCCCCCCCCCCCCCC(=O)OC(COC(=O)CCCCCCCCCCCCCCCCCCCCCCCCCCCC)COP(=O)([O-])OCC[N+](C)(C)C. The van der Waals surface area contributed by atoms with E-state index in [9.17, 15) is 19.0 Å². The van der Waals surface area contributed by atoms with Crippen molar-refractivity contribution >= 4 is 19.8 Å². The third kappa shape index (κ3) is 74.6. The quantitative estimate of drug-likeness (QED) is 0.0195. The number of nitrogens with zero attached hydrogens (tertiary/aromatic N) is 1. The Labute approximate surface area is 553 Å². The normalized spacial score (nSPS) is 13.4. The van der Waals surface area contributed by atoms with E-state index < -0.39 is 26.5 Å². The number of rotatable bonds is 72. The van der Waals surface area contributed by atoms with Gasteiger partial charge in [-0.15, -0.1) is 0 Å². The van der Waals surface area contributed by atoms with Gasteiger partial charge in [0.2, 0.25) is 0 Å². The van der Waals surface area contributed by atoms with E-state index in [0.29, 0.717) is 17.4 Å². The molecule has 89 heavy (non-hydrogen) atoms. The van der Waals surface area contributed by atoms with Gasteiger partial charge < -0.3 is 27.9 Å². The Hall–Kier alpha value is -2.29. The number of unbranched alkanes of at least 4 members (excludes halogenated alkanes) is 48. The van der Waals surface area contributed by atoms with Gasteiger partial charge in [-0.3, -0.25) is 14.2 Å². The highest BCUT2D eigenvalue weighted by atomic mass is 31.2. The lowest BCUT2D eigenvalue weighted by Gasteiger charge is -2.28. The topological polar surface area (TPSA) is 111 Å². The number of carbonyl (C=O) groups excluding carboxylic acids is 2. The van der Waals surface area contributed by atoms with Gasteiger partial charge in [-0.1, -0.05) is 370 Å². The lowest BCUT2D eigenvalue weighted by atomic mass is 10.0. The second-order valence-electron chi connectivity index (χ2n) is 27.4. The largest absolute Gasteiger partial charge is 0.756 e. The molecule has 522 valence electrons. The van der Waals surface area contributed by atoms with E-state index in [1.165, 1.54) is 283 Å². The zero-order chi connectivity index (χ0) is 64.8.